The molecule has 15 heteroatoms. The number of nitrogens with one attached hydrogen (secondary N) is 2. The van der Waals surface area contributed by atoms with Gasteiger partial charge in [0, 0.05) is 17.1 Å². The average molecular weight is 527 g/mol. The zero-order valence-electron chi connectivity index (χ0n) is 14.7. The molecule has 1 rings (SSSR count). The summed E-state index contributed by atoms with van der Waals surface area (Å²) in [6, 6.07) is 0. The molecular formula is C12H28Cl2CuN2O8S2. The van der Waals surface area contributed by atoms with Gasteiger partial charge >= 0.3 is 0 Å². The molecule has 0 saturated carbocycles. The van der Waals surface area contributed by atoms with Crippen LogP contribution in [-0.4, -0.2) is 58.5 Å². The fourth-order valence-corrected chi connectivity index (χ4v) is 3.64. The Kier molecular flexibility index (Phi) is 27.0. The molecule has 1 radical (unpaired) electrons. The third-order valence-corrected chi connectivity index (χ3v) is 4.88. The topological polar surface area (TPSA) is 203 Å². The quantitative estimate of drug-likeness (QED) is 0.218. The van der Waals surface area contributed by atoms with Gasteiger partial charge in [-0.3, -0.25) is 0 Å². The summed E-state index contributed by atoms with van der Waals surface area (Å²) in [5.41, 5.74) is 0. The molecule has 1 saturated heterocycles. The van der Waals surface area contributed by atoms with Crippen molar-refractivity contribution in [1.29, 1.82) is 0 Å². The molecule has 1 aliphatic rings. The standard InChI is InChI=1S/C12H26N2S2.2ClHO4.Cu/c1-5-13-7-2-9-15-11-4-12-16-10-3-8-14-6-1;2*2-1(3,4)5;/h13-14H,1-12H2;2*(H,2,3,4,5);. The van der Waals surface area contributed by atoms with Gasteiger partial charge < -0.3 is 10.6 Å². The summed E-state index contributed by atoms with van der Waals surface area (Å²) in [7, 11) is -9.39. The second-order valence-corrected chi connectivity index (χ2v) is 8.96. The number of hydrogen-bond donors (Lipinski definition) is 4. The van der Waals surface area contributed by atoms with E-state index in [2.05, 4.69) is 34.2 Å². The molecule has 10 nitrogen and oxygen atoms in total. The first-order chi connectivity index (χ1) is 12.0. The van der Waals surface area contributed by atoms with E-state index in [1.54, 1.807) is 0 Å². The molecule has 0 aromatic carbocycles. The molecule has 0 aromatic rings. The van der Waals surface area contributed by atoms with E-state index in [0.29, 0.717) is 0 Å². The maximum atomic E-state index is 8.60. The molecule has 0 amide bonds. The van der Waals surface area contributed by atoms with Crippen LogP contribution in [0.3, 0.4) is 0 Å². The van der Waals surface area contributed by atoms with E-state index in [9.17, 15) is 0 Å². The van der Waals surface area contributed by atoms with E-state index in [-0.39, 0.29) is 17.1 Å². The molecule has 0 bridgehead atoms. The summed E-state index contributed by atoms with van der Waals surface area (Å²) in [5.74, 6) is 5.36. The van der Waals surface area contributed by atoms with Crippen LogP contribution in [0.4, 0.5) is 0 Å². The third-order valence-electron chi connectivity index (χ3n) is 2.57. The second-order valence-electron chi connectivity index (χ2n) is 4.93. The van der Waals surface area contributed by atoms with Gasteiger partial charge in [-0.25, -0.2) is 0 Å². The van der Waals surface area contributed by atoms with Gasteiger partial charge in [-0.2, -0.15) is 51.5 Å². The zero-order valence-corrected chi connectivity index (χ0v) is 18.8. The molecule has 0 unspecified atom stereocenters. The van der Waals surface area contributed by atoms with Crippen LogP contribution in [0.25, 0.3) is 0 Å². The van der Waals surface area contributed by atoms with Crippen molar-refractivity contribution in [2.45, 2.75) is 25.7 Å². The van der Waals surface area contributed by atoms with Crippen molar-refractivity contribution in [3.05, 3.63) is 0 Å². The fraction of sp³-hybridized carbons (Fsp3) is 1.00. The molecule has 1 heterocycles. The minimum atomic E-state index is -4.69. The van der Waals surface area contributed by atoms with Crippen LogP contribution < -0.4 is 38.6 Å². The number of thioether (sulfide) groups is 2. The smallest absolute Gasteiger partial charge is 0.0777 e. The molecule has 27 heavy (non-hydrogen) atoms. The van der Waals surface area contributed by atoms with Gasteiger partial charge in [0.2, 0.25) is 0 Å². The van der Waals surface area contributed by atoms with Crippen molar-refractivity contribution >= 4 is 23.5 Å². The van der Waals surface area contributed by atoms with Gasteiger partial charge in [0.05, 0.1) is 29.8 Å². The maximum absolute atomic E-state index is 8.60. The Labute approximate surface area is 183 Å². The van der Waals surface area contributed by atoms with Crippen LogP contribution in [0.1, 0.15) is 25.7 Å². The number of halogens is 2. The first kappa shape index (κ1) is 33.0. The molecule has 1 fully saturated rings. The van der Waals surface area contributed by atoms with Crippen LogP contribution in [0.5, 0.6) is 0 Å². The first-order valence-electron chi connectivity index (χ1n) is 7.83. The molecule has 4 N–H and O–H groups in total. The summed E-state index contributed by atoms with van der Waals surface area (Å²) >= 11 is 4.25. The van der Waals surface area contributed by atoms with Crippen molar-refractivity contribution < 1.29 is 74.8 Å². The predicted octanol–water partition coefficient (Wildman–Crippen LogP) is -6.04. The van der Waals surface area contributed by atoms with Gasteiger partial charge in [0.1, 0.15) is 0 Å². The Morgan fingerprint density at radius 1 is 0.556 bits per heavy atom. The van der Waals surface area contributed by atoms with Crippen molar-refractivity contribution in [2.75, 3.05) is 49.2 Å². The van der Waals surface area contributed by atoms with Crippen molar-refractivity contribution in [1.82, 2.24) is 10.6 Å². The molecular weight excluding hydrogens is 499 g/mol. The summed E-state index contributed by atoms with van der Waals surface area (Å²) in [6.45, 7) is 4.74. The number of rotatable bonds is 0. The molecule has 171 valence electrons. The predicted molar refractivity (Wildman–Crippen MR) is 83.3 cm³/mol. The minimum Gasteiger partial charge on any atom is -0.317 e. The van der Waals surface area contributed by atoms with Crippen LogP contribution in [0.15, 0.2) is 0 Å². The van der Waals surface area contributed by atoms with Gasteiger partial charge in [-0.15, -0.1) is 0 Å². The van der Waals surface area contributed by atoms with E-state index in [1.165, 1.54) is 74.9 Å². The Morgan fingerprint density at radius 3 is 1.15 bits per heavy atom. The Balaban J connectivity index is -0.000000436. The minimum absolute atomic E-state index is 0. The first-order valence-corrected chi connectivity index (χ1v) is 12.7. The summed E-state index contributed by atoms with van der Waals surface area (Å²) < 4.78 is 65.4. The molecule has 0 aliphatic carbocycles. The number of hydrogen-bond acceptors (Lipinski definition) is 12. The Morgan fingerprint density at radius 2 is 0.815 bits per heavy atom. The normalized spacial score (nSPS) is 18.7. The molecule has 0 atom stereocenters. The molecule has 1 aliphatic heterocycles. The van der Waals surface area contributed by atoms with Crippen molar-refractivity contribution in [3.63, 3.8) is 0 Å². The van der Waals surface area contributed by atoms with Gasteiger partial charge in [-0.05, 0) is 74.9 Å². The van der Waals surface area contributed by atoms with Crippen LogP contribution in [0, 0.1) is 20.5 Å². The van der Waals surface area contributed by atoms with E-state index < -0.39 is 20.5 Å². The van der Waals surface area contributed by atoms with Gasteiger partial charge in [-0.1, -0.05) is 0 Å². The SMILES string of the molecule is C1CNCCCSCCCSCCCNC1.[Cu].[O-][Cl+3]([O-])([O-])O.[O-][Cl+3]([O-])([O-])O. The summed E-state index contributed by atoms with van der Waals surface area (Å²) in [6.07, 6.45) is 5.30. The second kappa shape index (κ2) is 22.1. The average Bonchev–Trinajstić information content (AvgIpc) is 2.44. The van der Waals surface area contributed by atoms with Crippen LogP contribution >= 0.6 is 23.5 Å². The fourth-order valence-electron chi connectivity index (χ4n) is 1.65. The van der Waals surface area contributed by atoms with E-state index in [4.69, 9.17) is 37.3 Å². The van der Waals surface area contributed by atoms with Crippen molar-refractivity contribution in [3.8, 4) is 0 Å². The van der Waals surface area contributed by atoms with Crippen molar-refractivity contribution in [2.24, 2.45) is 0 Å². The van der Waals surface area contributed by atoms with E-state index in [1.807, 2.05) is 0 Å². The Hall–Kier alpha value is 1.40. The summed E-state index contributed by atoms with van der Waals surface area (Å²) in [4.78, 5) is 0. The van der Waals surface area contributed by atoms with Crippen LogP contribution in [-0.2, 0) is 17.1 Å². The van der Waals surface area contributed by atoms with E-state index in [0.717, 1.165) is 0 Å². The largest absolute Gasteiger partial charge is 0.317 e. The maximum Gasteiger partial charge on any atom is 0.0777 e. The zero-order chi connectivity index (χ0) is 20.3. The van der Waals surface area contributed by atoms with Gasteiger partial charge in [0.25, 0.3) is 0 Å². The monoisotopic (exact) mass is 525 g/mol. The molecule has 0 spiro atoms. The Bertz CT molecular complexity index is 218. The van der Waals surface area contributed by atoms with Gasteiger partial charge in [0.15, 0.2) is 0 Å². The van der Waals surface area contributed by atoms with Crippen LogP contribution in [0.2, 0.25) is 0 Å². The summed E-state index contributed by atoms with van der Waals surface area (Å²) in [5, 5.41) is 7.02. The van der Waals surface area contributed by atoms with E-state index >= 15 is 0 Å². The third kappa shape index (κ3) is 58.4. The molecule has 0 aromatic heterocycles.